The van der Waals surface area contributed by atoms with Gasteiger partial charge in [0, 0.05) is 6.54 Å². The summed E-state index contributed by atoms with van der Waals surface area (Å²) >= 11 is 6.32. The van der Waals surface area contributed by atoms with Crippen LogP contribution in [0.2, 0.25) is 0 Å². The molecule has 1 rings (SSSR count). The first-order chi connectivity index (χ1) is 5.70. The maximum Gasteiger partial charge on any atom is 0.163 e. The van der Waals surface area contributed by atoms with E-state index in [4.69, 9.17) is 23.2 Å². The zero-order valence-electron chi connectivity index (χ0n) is 6.70. The van der Waals surface area contributed by atoms with Gasteiger partial charge in [-0.25, -0.2) is 0 Å². The smallest absolute Gasteiger partial charge is 0.163 e. The van der Waals surface area contributed by atoms with Gasteiger partial charge in [-0.15, -0.1) is 0 Å². The van der Waals surface area contributed by atoms with Gasteiger partial charge in [0.05, 0.1) is 0 Å². The van der Waals surface area contributed by atoms with Crippen LogP contribution in [-0.4, -0.2) is 4.57 Å². The fourth-order valence-corrected chi connectivity index (χ4v) is 2.11. The Morgan fingerprint density at radius 2 is 2.42 bits per heavy atom. The zero-order chi connectivity index (χ0) is 9.14. The molecule has 0 saturated carbocycles. The van der Waals surface area contributed by atoms with E-state index in [9.17, 15) is 0 Å². The van der Waals surface area contributed by atoms with Crippen LogP contribution in [-0.2, 0) is 6.54 Å². The monoisotopic (exact) mass is 199 g/mol. The van der Waals surface area contributed by atoms with Crippen molar-refractivity contribution in [3.05, 3.63) is 8.83 Å². The minimum absolute atomic E-state index is 0.509. The maximum atomic E-state index is 8.65. The summed E-state index contributed by atoms with van der Waals surface area (Å²) in [4.78, 5) is 0.522. The number of nitriles is 1. The lowest BCUT2D eigenvalue weighted by Crippen LogP contribution is -2.02. The summed E-state index contributed by atoms with van der Waals surface area (Å²) in [6.07, 6.45) is 0.972. The fraction of sp³-hybridized carbons (Fsp3) is 0.429. The van der Waals surface area contributed by atoms with E-state index in [-0.39, 0.29) is 0 Å². The number of thiazole rings is 1. The van der Waals surface area contributed by atoms with E-state index in [0.29, 0.717) is 14.6 Å². The number of nitrogens with zero attached hydrogens (tertiary/aromatic N) is 2. The van der Waals surface area contributed by atoms with Gasteiger partial charge in [0.15, 0.2) is 3.95 Å². The second kappa shape index (κ2) is 3.70. The Hall–Kier alpha value is -0.860. The molecule has 0 aliphatic rings. The normalized spacial score (nSPS) is 9.67. The van der Waals surface area contributed by atoms with E-state index in [2.05, 4.69) is 0 Å². The lowest BCUT2D eigenvalue weighted by Gasteiger charge is -2.00. The second-order valence-electron chi connectivity index (χ2n) is 2.35. The van der Waals surface area contributed by atoms with Crippen molar-refractivity contribution in [1.82, 2.24) is 4.57 Å². The van der Waals surface area contributed by atoms with Crippen molar-refractivity contribution in [3.63, 3.8) is 0 Å². The molecule has 0 aromatic carbocycles. The third-order valence-electron chi connectivity index (χ3n) is 1.48. The molecule has 2 N–H and O–H groups in total. The van der Waals surface area contributed by atoms with E-state index in [0.717, 1.165) is 13.0 Å². The molecule has 0 unspecified atom stereocenters. The van der Waals surface area contributed by atoms with Crippen LogP contribution in [0.1, 0.15) is 18.2 Å². The molecule has 5 heteroatoms. The van der Waals surface area contributed by atoms with E-state index in [1.54, 1.807) is 4.57 Å². The summed E-state index contributed by atoms with van der Waals surface area (Å²) in [5.74, 6) is 0.509. The molecule has 0 spiro atoms. The number of rotatable bonds is 2. The van der Waals surface area contributed by atoms with E-state index < -0.39 is 0 Å². The maximum absolute atomic E-state index is 8.65. The van der Waals surface area contributed by atoms with Crippen LogP contribution in [0, 0.1) is 15.3 Å². The summed E-state index contributed by atoms with van der Waals surface area (Å²) in [6.45, 7) is 2.84. The molecule has 0 saturated heterocycles. The number of hydrogen-bond acceptors (Lipinski definition) is 4. The number of hydrogen-bond donors (Lipinski definition) is 1. The van der Waals surface area contributed by atoms with Crippen molar-refractivity contribution in [1.29, 1.82) is 5.26 Å². The molecule has 0 amide bonds. The molecule has 0 radical (unpaired) electrons. The number of anilines is 1. The number of nitrogen functional groups attached to an aromatic ring is 1. The van der Waals surface area contributed by atoms with E-state index >= 15 is 0 Å². The molecule has 0 aliphatic heterocycles. The molecule has 0 fully saturated rings. The molecule has 0 aliphatic carbocycles. The van der Waals surface area contributed by atoms with Gasteiger partial charge in [0.1, 0.15) is 16.8 Å². The molecular formula is C7H9N3S2. The van der Waals surface area contributed by atoms with Crippen LogP contribution >= 0.6 is 23.6 Å². The van der Waals surface area contributed by atoms with Gasteiger partial charge >= 0.3 is 0 Å². The molecule has 0 atom stereocenters. The summed E-state index contributed by atoms with van der Waals surface area (Å²) in [5, 5.41) is 8.65. The molecule has 1 aromatic rings. The van der Waals surface area contributed by atoms with Crippen LogP contribution in [0.15, 0.2) is 0 Å². The van der Waals surface area contributed by atoms with Crippen LogP contribution < -0.4 is 5.73 Å². The highest BCUT2D eigenvalue weighted by atomic mass is 32.1. The summed E-state index contributed by atoms with van der Waals surface area (Å²) in [5.41, 5.74) is 5.68. The van der Waals surface area contributed by atoms with Crippen molar-refractivity contribution >= 4 is 29.4 Å². The van der Waals surface area contributed by atoms with Gasteiger partial charge < -0.3 is 10.3 Å². The molecule has 64 valence electrons. The van der Waals surface area contributed by atoms with Gasteiger partial charge in [-0.1, -0.05) is 18.3 Å². The SMILES string of the molecule is CCCn1c(N)c(C#N)sc1=S. The first-order valence-corrected chi connectivity index (χ1v) is 4.82. The van der Waals surface area contributed by atoms with Crippen molar-refractivity contribution < 1.29 is 0 Å². The predicted molar refractivity (Wildman–Crippen MR) is 52.6 cm³/mol. The Morgan fingerprint density at radius 1 is 1.75 bits per heavy atom. The zero-order valence-corrected chi connectivity index (χ0v) is 8.34. The van der Waals surface area contributed by atoms with Crippen LogP contribution in [0.4, 0.5) is 5.82 Å². The lowest BCUT2D eigenvalue weighted by atomic mass is 10.4. The topological polar surface area (TPSA) is 54.7 Å². The molecule has 1 heterocycles. The van der Waals surface area contributed by atoms with Crippen molar-refractivity contribution in [2.24, 2.45) is 0 Å². The molecule has 3 nitrogen and oxygen atoms in total. The highest BCUT2D eigenvalue weighted by molar-refractivity contribution is 7.73. The van der Waals surface area contributed by atoms with Crippen LogP contribution in [0.25, 0.3) is 0 Å². The van der Waals surface area contributed by atoms with Crippen LogP contribution in [0.5, 0.6) is 0 Å². The average molecular weight is 199 g/mol. The fourth-order valence-electron chi connectivity index (χ4n) is 0.931. The Morgan fingerprint density at radius 3 is 2.83 bits per heavy atom. The summed E-state index contributed by atoms with van der Waals surface area (Å²) < 4.78 is 2.49. The van der Waals surface area contributed by atoms with Gasteiger partial charge in [-0.05, 0) is 18.6 Å². The molecule has 0 bridgehead atoms. The number of aromatic nitrogens is 1. The Bertz CT molecular complexity index is 369. The second-order valence-corrected chi connectivity index (χ2v) is 3.99. The third-order valence-corrected chi connectivity index (χ3v) is 2.85. The third kappa shape index (κ3) is 1.49. The number of nitrogens with two attached hydrogens (primary N) is 1. The first-order valence-electron chi connectivity index (χ1n) is 3.60. The highest BCUT2D eigenvalue weighted by Gasteiger charge is 2.07. The first kappa shape index (κ1) is 9.23. The van der Waals surface area contributed by atoms with E-state index in [1.165, 1.54) is 11.3 Å². The molecule has 12 heavy (non-hydrogen) atoms. The van der Waals surface area contributed by atoms with E-state index in [1.807, 2.05) is 13.0 Å². The Kier molecular flexibility index (Phi) is 2.84. The predicted octanol–water partition coefficient (Wildman–Crippen LogP) is 2.14. The van der Waals surface area contributed by atoms with Gasteiger partial charge in [0.25, 0.3) is 0 Å². The lowest BCUT2D eigenvalue weighted by molar-refractivity contribution is 0.687. The Labute approximate surface area is 80.1 Å². The standard InChI is InChI=1S/C7H9N3S2/c1-2-3-10-6(9)5(4-8)12-7(10)11/h2-3,9H2,1H3. The molecular weight excluding hydrogens is 190 g/mol. The van der Waals surface area contributed by atoms with Crippen LogP contribution in [0.3, 0.4) is 0 Å². The minimum atomic E-state index is 0.509. The quantitative estimate of drug-likeness (QED) is 0.742. The largest absolute Gasteiger partial charge is 0.383 e. The van der Waals surface area contributed by atoms with Gasteiger partial charge in [0.2, 0.25) is 0 Å². The van der Waals surface area contributed by atoms with Gasteiger partial charge in [-0.2, -0.15) is 5.26 Å². The van der Waals surface area contributed by atoms with Crippen molar-refractivity contribution in [2.45, 2.75) is 19.9 Å². The van der Waals surface area contributed by atoms with Crippen molar-refractivity contribution in [3.8, 4) is 6.07 Å². The molecule has 1 aromatic heterocycles. The minimum Gasteiger partial charge on any atom is -0.383 e. The average Bonchev–Trinajstić information content (AvgIpc) is 2.32. The van der Waals surface area contributed by atoms with Crippen molar-refractivity contribution in [2.75, 3.05) is 5.73 Å². The van der Waals surface area contributed by atoms with Gasteiger partial charge in [-0.3, -0.25) is 0 Å². The highest BCUT2D eigenvalue weighted by Crippen LogP contribution is 2.20. The summed E-state index contributed by atoms with van der Waals surface area (Å²) in [6, 6.07) is 2.02. The Balaban J connectivity index is 3.21. The summed E-state index contributed by atoms with van der Waals surface area (Å²) in [7, 11) is 0.